The molecule has 1 amide bonds. The number of rotatable bonds is 5. The van der Waals surface area contributed by atoms with E-state index >= 15 is 0 Å². The molecule has 37 heavy (non-hydrogen) atoms. The monoisotopic (exact) mass is 608 g/mol. The minimum atomic E-state index is -3.14. The number of sulfonamides is 1. The lowest BCUT2D eigenvalue weighted by Gasteiger charge is -2.40. The van der Waals surface area contributed by atoms with E-state index in [1.165, 1.54) is 16.7 Å². The van der Waals surface area contributed by atoms with Crippen molar-refractivity contribution in [2.45, 2.75) is 45.1 Å². The largest absolute Gasteiger partial charge is 0.340 e. The molecule has 0 bridgehead atoms. The summed E-state index contributed by atoms with van der Waals surface area (Å²) >= 11 is 9.94. The van der Waals surface area contributed by atoms with Crippen LogP contribution in [0.15, 0.2) is 34.9 Å². The van der Waals surface area contributed by atoms with Crippen LogP contribution in [0.5, 0.6) is 0 Å². The van der Waals surface area contributed by atoms with Gasteiger partial charge in [-0.15, -0.1) is 0 Å². The number of aromatic nitrogens is 1. The lowest BCUT2D eigenvalue weighted by Crippen LogP contribution is -2.50. The number of piperazine rings is 1. The average molecular weight is 610 g/mol. The van der Waals surface area contributed by atoms with Crippen molar-refractivity contribution >= 4 is 43.5 Å². The van der Waals surface area contributed by atoms with E-state index < -0.39 is 10.0 Å². The number of hydrogen-bond donors (Lipinski definition) is 0. The van der Waals surface area contributed by atoms with Gasteiger partial charge in [0.15, 0.2) is 0 Å². The molecule has 0 unspecified atom stereocenters. The summed E-state index contributed by atoms with van der Waals surface area (Å²) < 4.78 is 26.8. The van der Waals surface area contributed by atoms with Gasteiger partial charge in [0, 0.05) is 61.4 Å². The second-order valence-corrected chi connectivity index (χ2v) is 13.9. The molecule has 2 aliphatic heterocycles. The van der Waals surface area contributed by atoms with E-state index in [9.17, 15) is 13.2 Å². The Morgan fingerprint density at radius 2 is 1.76 bits per heavy atom. The Balaban J connectivity index is 1.25. The summed E-state index contributed by atoms with van der Waals surface area (Å²) in [5, 5.41) is 0.756. The molecule has 2 fully saturated rings. The summed E-state index contributed by atoms with van der Waals surface area (Å²) in [6, 6.07) is 8.42. The van der Waals surface area contributed by atoms with E-state index in [2.05, 4.69) is 39.0 Å². The second-order valence-electron chi connectivity index (χ2n) is 10.3. The van der Waals surface area contributed by atoms with Crippen LogP contribution in [0.3, 0.4) is 0 Å². The number of benzene rings is 1. The highest BCUT2D eigenvalue weighted by molar-refractivity contribution is 9.10. The van der Waals surface area contributed by atoms with Crippen molar-refractivity contribution < 1.29 is 13.2 Å². The second kappa shape index (κ2) is 11.3. The third-order valence-corrected chi connectivity index (χ3v) is 10.7. The van der Waals surface area contributed by atoms with Crippen LogP contribution in [0.25, 0.3) is 0 Å². The van der Waals surface area contributed by atoms with Gasteiger partial charge in [0.2, 0.25) is 15.9 Å². The fraction of sp³-hybridized carbons (Fsp3) is 0.556. The van der Waals surface area contributed by atoms with Crippen molar-refractivity contribution in [3.63, 3.8) is 0 Å². The maximum atomic E-state index is 13.2. The van der Waals surface area contributed by atoms with Crippen LogP contribution in [0.1, 0.15) is 54.6 Å². The first kappa shape index (κ1) is 27.1. The smallest absolute Gasteiger partial charge is 0.222 e. The summed E-state index contributed by atoms with van der Waals surface area (Å²) in [5.74, 6) is 0.574. The Morgan fingerprint density at radius 3 is 2.46 bits per heavy atom. The van der Waals surface area contributed by atoms with Gasteiger partial charge in [-0.2, -0.15) is 0 Å². The first-order chi connectivity index (χ1) is 17.7. The van der Waals surface area contributed by atoms with Crippen molar-refractivity contribution in [2.75, 3.05) is 45.0 Å². The van der Waals surface area contributed by atoms with Crippen LogP contribution in [-0.2, 0) is 27.7 Å². The SMILES string of the molecule is CCS(=O)(=O)N1CCC(CC(=O)N2CCN([C@@H]3c4ccc(Cl)cc4CCc4cc(Br)cnc43)CC2)CC1. The summed E-state index contributed by atoms with van der Waals surface area (Å²) in [6.45, 7) is 5.66. The van der Waals surface area contributed by atoms with Gasteiger partial charge >= 0.3 is 0 Å². The van der Waals surface area contributed by atoms with Crippen LogP contribution in [-0.4, -0.2) is 78.4 Å². The van der Waals surface area contributed by atoms with Crippen LogP contribution in [0, 0.1) is 5.92 Å². The number of carbonyl (C=O) groups is 1. The zero-order valence-electron chi connectivity index (χ0n) is 21.2. The minimum Gasteiger partial charge on any atom is -0.340 e. The molecule has 3 aliphatic rings. The van der Waals surface area contributed by atoms with Crippen LogP contribution in [0.4, 0.5) is 0 Å². The number of piperidine rings is 1. The molecule has 5 rings (SSSR count). The summed E-state index contributed by atoms with van der Waals surface area (Å²) in [7, 11) is -3.14. The van der Waals surface area contributed by atoms with E-state index in [1.54, 1.807) is 11.2 Å². The molecule has 3 heterocycles. The predicted octanol–water partition coefficient (Wildman–Crippen LogP) is 4.28. The molecule has 0 saturated carbocycles. The van der Waals surface area contributed by atoms with Crippen molar-refractivity contribution in [3.05, 3.63) is 62.3 Å². The number of nitrogens with zero attached hydrogens (tertiary/aromatic N) is 4. The maximum Gasteiger partial charge on any atom is 0.222 e. The fourth-order valence-corrected chi connectivity index (χ4v) is 7.67. The molecule has 1 atom stereocenters. The number of aryl methyl sites for hydroxylation is 2. The highest BCUT2D eigenvalue weighted by Gasteiger charge is 2.34. The van der Waals surface area contributed by atoms with Gasteiger partial charge in [-0.3, -0.25) is 14.7 Å². The third kappa shape index (κ3) is 5.91. The normalized spacial score (nSPS) is 21.8. The Hall–Kier alpha value is -1.52. The van der Waals surface area contributed by atoms with Crippen molar-refractivity contribution in [1.82, 2.24) is 19.1 Å². The molecule has 10 heteroatoms. The van der Waals surface area contributed by atoms with E-state index in [-0.39, 0.29) is 23.6 Å². The Morgan fingerprint density at radius 1 is 1.05 bits per heavy atom. The molecular weight excluding hydrogens is 576 g/mol. The summed E-state index contributed by atoms with van der Waals surface area (Å²) in [6.07, 6.45) is 5.73. The third-order valence-electron chi connectivity index (χ3n) is 8.12. The molecule has 1 aromatic heterocycles. The van der Waals surface area contributed by atoms with E-state index in [4.69, 9.17) is 16.6 Å². The molecule has 0 radical (unpaired) electrons. The quantitative estimate of drug-likeness (QED) is 0.506. The van der Waals surface area contributed by atoms with Crippen molar-refractivity contribution in [3.8, 4) is 0 Å². The maximum absolute atomic E-state index is 13.2. The average Bonchev–Trinajstić information content (AvgIpc) is 3.05. The van der Waals surface area contributed by atoms with Gasteiger partial charge in [-0.1, -0.05) is 17.7 Å². The lowest BCUT2D eigenvalue weighted by atomic mass is 9.93. The lowest BCUT2D eigenvalue weighted by molar-refractivity contribution is -0.134. The zero-order chi connectivity index (χ0) is 26.2. The predicted molar refractivity (Wildman–Crippen MR) is 149 cm³/mol. The van der Waals surface area contributed by atoms with Gasteiger partial charge in [0.25, 0.3) is 0 Å². The standard InChI is InChI=1S/C27H34BrClN4O3S/c1-2-37(35,36)33-9-7-19(8-10-33)15-25(34)31-11-13-32(14-12-31)27-24-6-5-23(29)17-20(24)3-4-21-16-22(28)18-30-26(21)27/h5-6,16-19,27H,2-4,7-15H2,1H3/t27-/m1/s1. The van der Waals surface area contributed by atoms with Gasteiger partial charge in [-0.25, -0.2) is 12.7 Å². The first-order valence-electron chi connectivity index (χ1n) is 13.2. The molecule has 0 N–H and O–H groups in total. The fourth-order valence-electron chi connectivity index (χ4n) is 5.96. The highest BCUT2D eigenvalue weighted by Crippen LogP contribution is 2.38. The highest BCUT2D eigenvalue weighted by atomic mass is 79.9. The number of fused-ring (bicyclic) bond motifs is 2. The van der Waals surface area contributed by atoms with Gasteiger partial charge in [0.05, 0.1) is 17.5 Å². The van der Waals surface area contributed by atoms with Gasteiger partial charge in [-0.05, 0) is 89.3 Å². The Bertz CT molecular complexity index is 1200. The van der Waals surface area contributed by atoms with E-state index in [0.717, 1.165) is 54.0 Å². The van der Waals surface area contributed by atoms with Gasteiger partial charge < -0.3 is 4.90 Å². The molecular formula is C27H34BrClN4O3S. The summed E-state index contributed by atoms with van der Waals surface area (Å²) in [4.78, 5) is 22.5. The number of carbonyl (C=O) groups excluding carboxylic acids is 1. The van der Waals surface area contributed by atoms with Crippen LogP contribution < -0.4 is 0 Å². The number of pyridine rings is 1. The molecule has 1 aromatic carbocycles. The van der Waals surface area contributed by atoms with Crippen molar-refractivity contribution in [1.29, 1.82) is 0 Å². The minimum absolute atomic E-state index is 0.0416. The van der Waals surface area contributed by atoms with E-state index in [1.807, 2.05) is 17.2 Å². The van der Waals surface area contributed by atoms with Crippen molar-refractivity contribution in [2.24, 2.45) is 5.92 Å². The van der Waals surface area contributed by atoms with Crippen LogP contribution >= 0.6 is 27.5 Å². The Kier molecular flexibility index (Phi) is 8.27. The molecule has 2 saturated heterocycles. The molecule has 1 aliphatic carbocycles. The first-order valence-corrected chi connectivity index (χ1v) is 16.0. The van der Waals surface area contributed by atoms with Gasteiger partial charge in [0.1, 0.15) is 0 Å². The summed E-state index contributed by atoms with van der Waals surface area (Å²) in [5.41, 5.74) is 4.87. The van der Waals surface area contributed by atoms with E-state index in [0.29, 0.717) is 32.6 Å². The number of hydrogen-bond acceptors (Lipinski definition) is 5. The topological polar surface area (TPSA) is 73.8 Å². The molecule has 2 aromatic rings. The molecule has 0 spiro atoms. The Labute approximate surface area is 233 Å². The number of amides is 1. The molecule has 7 nitrogen and oxygen atoms in total. The van der Waals surface area contributed by atoms with Crippen LogP contribution in [0.2, 0.25) is 5.02 Å². The zero-order valence-corrected chi connectivity index (χ0v) is 24.4. The number of halogens is 2. The molecule has 200 valence electrons.